The van der Waals surface area contributed by atoms with Crippen molar-refractivity contribution >= 4 is 50.9 Å². The molecule has 152 valence electrons. The van der Waals surface area contributed by atoms with Gasteiger partial charge in [-0.2, -0.15) is 0 Å². The van der Waals surface area contributed by atoms with Gasteiger partial charge in [0.25, 0.3) is 0 Å². The van der Waals surface area contributed by atoms with E-state index >= 15 is 0 Å². The van der Waals surface area contributed by atoms with Crippen molar-refractivity contribution in [1.29, 1.82) is 0 Å². The van der Waals surface area contributed by atoms with E-state index < -0.39 is 0 Å². The first-order chi connectivity index (χ1) is 14.2. The van der Waals surface area contributed by atoms with Gasteiger partial charge in [-0.05, 0) is 30.9 Å². The summed E-state index contributed by atoms with van der Waals surface area (Å²) in [5.74, 6) is 0.332. The van der Waals surface area contributed by atoms with Gasteiger partial charge < -0.3 is 10.3 Å². The third-order valence-electron chi connectivity index (χ3n) is 4.80. The monoisotopic (exact) mass is 429 g/mol. The van der Waals surface area contributed by atoms with Crippen LogP contribution in [0.4, 0.5) is 5.13 Å². The Kier molecular flexibility index (Phi) is 6.15. The fourth-order valence-corrected chi connectivity index (χ4v) is 4.94. The van der Waals surface area contributed by atoms with Crippen LogP contribution in [0.15, 0.2) is 34.8 Å². The lowest BCUT2D eigenvalue weighted by atomic mass is 10.1. The molecule has 29 heavy (non-hydrogen) atoms. The Balaban J connectivity index is 1.25. The van der Waals surface area contributed by atoms with Gasteiger partial charge in [-0.15, -0.1) is 10.2 Å². The van der Waals surface area contributed by atoms with Gasteiger partial charge in [0.15, 0.2) is 4.34 Å². The van der Waals surface area contributed by atoms with Crippen LogP contribution >= 0.6 is 23.1 Å². The number of carbonyl (C=O) groups excluding carboxylic acids is 2. The summed E-state index contributed by atoms with van der Waals surface area (Å²) in [5.41, 5.74) is 2.31. The molecule has 0 unspecified atom stereocenters. The molecule has 1 fully saturated rings. The number of aromatic amines is 1. The van der Waals surface area contributed by atoms with Gasteiger partial charge in [0.05, 0.1) is 5.75 Å². The van der Waals surface area contributed by atoms with Gasteiger partial charge in [0.2, 0.25) is 16.9 Å². The summed E-state index contributed by atoms with van der Waals surface area (Å²) in [6.07, 6.45) is 5.27. The molecule has 0 aliphatic heterocycles. The number of H-pyrrole nitrogens is 1. The molecule has 0 bridgehead atoms. The summed E-state index contributed by atoms with van der Waals surface area (Å²) in [5, 5.41) is 13.1. The van der Waals surface area contributed by atoms with Gasteiger partial charge in [-0.25, -0.2) is 0 Å². The summed E-state index contributed by atoms with van der Waals surface area (Å²) in [7, 11) is 0. The zero-order valence-corrected chi connectivity index (χ0v) is 17.8. The minimum absolute atomic E-state index is 0.0322. The molecule has 7 nitrogen and oxygen atoms in total. The Morgan fingerprint density at radius 3 is 2.93 bits per heavy atom. The first-order valence-corrected chi connectivity index (χ1v) is 11.6. The van der Waals surface area contributed by atoms with Gasteiger partial charge in [0, 0.05) is 36.1 Å². The van der Waals surface area contributed by atoms with Crippen molar-refractivity contribution in [1.82, 2.24) is 20.5 Å². The van der Waals surface area contributed by atoms with Crippen LogP contribution in [0.1, 0.15) is 31.7 Å². The lowest BCUT2D eigenvalue weighted by Gasteiger charge is -2.17. The molecule has 0 atom stereocenters. The van der Waals surface area contributed by atoms with Crippen molar-refractivity contribution in [2.24, 2.45) is 0 Å². The molecule has 9 heteroatoms. The molecule has 0 radical (unpaired) electrons. The number of anilines is 1. The number of fused-ring (bicyclic) bond motifs is 1. The number of carbonyl (C=O) groups is 2. The third-order valence-corrected chi connectivity index (χ3v) is 6.86. The van der Waals surface area contributed by atoms with Crippen LogP contribution in [0, 0.1) is 0 Å². The quantitative estimate of drug-likeness (QED) is 0.402. The second-order valence-electron chi connectivity index (χ2n) is 6.95. The number of amides is 2. The highest BCUT2D eigenvalue weighted by Gasteiger charge is 2.35. The van der Waals surface area contributed by atoms with Crippen LogP contribution in [0.3, 0.4) is 0 Å². The lowest BCUT2D eigenvalue weighted by molar-refractivity contribution is -0.119. The van der Waals surface area contributed by atoms with E-state index in [1.807, 2.05) is 31.3 Å². The van der Waals surface area contributed by atoms with Crippen LogP contribution in [0.5, 0.6) is 0 Å². The van der Waals surface area contributed by atoms with E-state index in [4.69, 9.17) is 0 Å². The topological polar surface area (TPSA) is 91.0 Å². The second kappa shape index (κ2) is 8.96. The molecule has 2 N–H and O–H groups in total. The second-order valence-corrected chi connectivity index (χ2v) is 9.13. The number of para-hydroxylation sites is 1. The number of hydrogen-bond acceptors (Lipinski definition) is 6. The molecular formula is C20H23N5O2S2. The van der Waals surface area contributed by atoms with E-state index in [0.717, 1.165) is 24.8 Å². The normalized spacial score (nSPS) is 13.6. The maximum Gasteiger partial charge on any atom is 0.230 e. The zero-order valence-electron chi connectivity index (χ0n) is 16.2. The highest BCUT2D eigenvalue weighted by Crippen LogP contribution is 2.36. The number of rotatable bonds is 9. The average molecular weight is 430 g/mol. The van der Waals surface area contributed by atoms with Crippen molar-refractivity contribution < 1.29 is 9.59 Å². The van der Waals surface area contributed by atoms with Crippen LogP contribution in [-0.2, 0) is 16.0 Å². The Morgan fingerprint density at radius 1 is 1.31 bits per heavy atom. The number of aromatic nitrogens is 3. The Labute approximate surface area is 177 Å². The summed E-state index contributed by atoms with van der Waals surface area (Å²) in [6, 6.07) is 8.41. The molecule has 1 aliphatic rings. The van der Waals surface area contributed by atoms with Crippen LogP contribution < -0.4 is 10.2 Å². The molecule has 0 spiro atoms. The van der Waals surface area contributed by atoms with E-state index in [2.05, 4.69) is 26.6 Å². The van der Waals surface area contributed by atoms with E-state index in [0.29, 0.717) is 22.4 Å². The SMILES string of the molecule is CCC(=O)N(c1nnc(SCC(=O)NCCc2c[nH]c3ccccc23)s1)C1CC1. The van der Waals surface area contributed by atoms with Crippen molar-refractivity contribution in [3.05, 3.63) is 36.0 Å². The predicted octanol–water partition coefficient (Wildman–Crippen LogP) is 3.38. The maximum absolute atomic E-state index is 12.2. The summed E-state index contributed by atoms with van der Waals surface area (Å²) >= 11 is 2.74. The van der Waals surface area contributed by atoms with Crippen LogP contribution in [0.2, 0.25) is 0 Å². The van der Waals surface area contributed by atoms with Gasteiger partial charge >= 0.3 is 0 Å². The molecule has 3 aromatic rings. The molecule has 2 heterocycles. The number of nitrogens with one attached hydrogen (secondary N) is 2. The number of thioether (sulfide) groups is 1. The third kappa shape index (κ3) is 4.79. The highest BCUT2D eigenvalue weighted by atomic mass is 32.2. The van der Waals surface area contributed by atoms with Crippen LogP contribution in [-0.4, -0.2) is 45.3 Å². The molecule has 0 saturated heterocycles. The van der Waals surface area contributed by atoms with Crippen molar-refractivity contribution in [3.8, 4) is 0 Å². The van der Waals surface area contributed by atoms with Crippen LogP contribution in [0.25, 0.3) is 10.9 Å². The molecule has 2 amide bonds. The first-order valence-electron chi connectivity index (χ1n) is 9.75. The Hall–Kier alpha value is -2.39. The van der Waals surface area contributed by atoms with E-state index in [9.17, 15) is 9.59 Å². The zero-order chi connectivity index (χ0) is 20.2. The molecule has 1 aliphatic carbocycles. The first kappa shape index (κ1) is 19.9. The number of hydrogen-bond donors (Lipinski definition) is 2. The fourth-order valence-electron chi connectivity index (χ4n) is 3.18. The van der Waals surface area contributed by atoms with Crippen molar-refractivity contribution in [2.45, 2.75) is 43.0 Å². The van der Waals surface area contributed by atoms with E-state index in [-0.39, 0.29) is 23.6 Å². The lowest BCUT2D eigenvalue weighted by Crippen LogP contribution is -2.32. The molecule has 1 aromatic carbocycles. The Morgan fingerprint density at radius 2 is 2.14 bits per heavy atom. The minimum atomic E-state index is -0.0322. The van der Waals surface area contributed by atoms with Gasteiger partial charge in [-0.1, -0.05) is 48.2 Å². The maximum atomic E-state index is 12.2. The summed E-state index contributed by atoms with van der Waals surface area (Å²) in [4.78, 5) is 29.3. The predicted molar refractivity (Wildman–Crippen MR) is 116 cm³/mol. The highest BCUT2D eigenvalue weighted by molar-refractivity contribution is 8.01. The molecule has 1 saturated carbocycles. The minimum Gasteiger partial charge on any atom is -0.361 e. The molecule has 4 rings (SSSR count). The number of benzene rings is 1. The molecular weight excluding hydrogens is 406 g/mol. The van der Waals surface area contributed by atoms with Crippen molar-refractivity contribution in [3.63, 3.8) is 0 Å². The van der Waals surface area contributed by atoms with Gasteiger partial charge in [0.1, 0.15) is 0 Å². The van der Waals surface area contributed by atoms with E-state index in [1.54, 1.807) is 4.90 Å². The average Bonchev–Trinajstić information content (AvgIpc) is 3.31. The smallest absolute Gasteiger partial charge is 0.230 e. The summed E-state index contributed by atoms with van der Waals surface area (Å²) < 4.78 is 0.710. The molecule has 2 aromatic heterocycles. The largest absolute Gasteiger partial charge is 0.361 e. The number of nitrogens with zero attached hydrogens (tertiary/aromatic N) is 3. The van der Waals surface area contributed by atoms with E-state index in [1.165, 1.54) is 34.0 Å². The Bertz CT molecular complexity index is 1010. The fraction of sp³-hybridized carbons (Fsp3) is 0.400. The summed E-state index contributed by atoms with van der Waals surface area (Å²) in [6.45, 7) is 2.44. The standard InChI is InChI=1S/C20H23N5O2S2/c1-2-18(27)25(14-7-8-14)19-23-24-20(29-19)28-12-17(26)21-10-9-13-11-22-16-6-4-3-5-15(13)16/h3-6,11,14,22H,2,7-10,12H2,1H3,(H,21,26). The van der Waals surface area contributed by atoms with Crippen molar-refractivity contribution in [2.75, 3.05) is 17.2 Å². The van der Waals surface area contributed by atoms with Gasteiger partial charge in [-0.3, -0.25) is 14.5 Å².